The number of likely N-dealkylation sites (N-methyl/N-ethyl adjacent to an activating group) is 1. The van der Waals surface area contributed by atoms with Crippen LogP contribution in [0.15, 0.2) is 28.7 Å². The number of carboxylic acids is 1. The van der Waals surface area contributed by atoms with Gasteiger partial charge in [-0.2, -0.15) is 0 Å². The molecule has 17 heavy (non-hydrogen) atoms. The summed E-state index contributed by atoms with van der Waals surface area (Å²) in [6, 6.07) is 7.24. The average molecular weight is 301 g/mol. The zero-order valence-corrected chi connectivity index (χ0v) is 11.5. The number of hydrogen-bond donors (Lipinski definition) is 2. The van der Waals surface area contributed by atoms with Crippen molar-refractivity contribution in [1.29, 1.82) is 0 Å². The van der Waals surface area contributed by atoms with Crippen molar-refractivity contribution in [3.8, 4) is 0 Å². The standard InChI is InChI=1S/C12H17BrN2O2/c1-15(2)12(10(14)7-11(16)17)8-3-5-9(13)6-4-8/h3-6,10,12H,7,14H2,1-2H3,(H,16,17). The molecular formula is C12H17BrN2O2. The van der Waals surface area contributed by atoms with E-state index in [-0.39, 0.29) is 12.5 Å². The van der Waals surface area contributed by atoms with Crippen molar-refractivity contribution in [3.05, 3.63) is 34.3 Å². The van der Waals surface area contributed by atoms with Crippen LogP contribution >= 0.6 is 15.9 Å². The van der Waals surface area contributed by atoms with Crippen LogP contribution in [-0.4, -0.2) is 36.1 Å². The summed E-state index contributed by atoms with van der Waals surface area (Å²) in [5.74, 6) is -0.874. The normalized spacial score (nSPS) is 14.6. The molecular weight excluding hydrogens is 284 g/mol. The van der Waals surface area contributed by atoms with Gasteiger partial charge in [-0.1, -0.05) is 28.1 Å². The number of carbonyl (C=O) groups is 1. The minimum atomic E-state index is -0.874. The minimum absolute atomic E-state index is 0.0427. The highest BCUT2D eigenvalue weighted by Crippen LogP contribution is 2.24. The van der Waals surface area contributed by atoms with Crippen molar-refractivity contribution < 1.29 is 9.90 Å². The fourth-order valence-corrected chi connectivity index (χ4v) is 2.17. The molecule has 0 aromatic heterocycles. The third-order valence-electron chi connectivity index (χ3n) is 2.58. The zero-order chi connectivity index (χ0) is 13.0. The summed E-state index contributed by atoms with van der Waals surface area (Å²) in [4.78, 5) is 12.7. The molecule has 1 aromatic rings. The molecule has 2 atom stereocenters. The predicted molar refractivity (Wildman–Crippen MR) is 70.8 cm³/mol. The molecule has 0 aliphatic carbocycles. The second kappa shape index (κ2) is 6.14. The van der Waals surface area contributed by atoms with Gasteiger partial charge in [-0.3, -0.25) is 4.79 Å². The molecule has 1 aromatic carbocycles. The third-order valence-corrected chi connectivity index (χ3v) is 3.11. The molecule has 0 aliphatic heterocycles. The first kappa shape index (κ1) is 14.2. The summed E-state index contributed by atoms with van der Waals surface area (Å²) in [7, 11) is 3.79. The summed E-state index contributed by atoms with van der Waals surface area (Å²) in [5.41, 5.74) is 6.98. The van der Waals surface area contributed by atoms with Gasteiger partial charge in [0, 0.05) is 16.6 Å². The monoisotopic (exact) mass is 300 g/mol. The molecule has 0 amide bonds. The van der Waals surface area contributed by atoms with E-state index >= 15 is 0 Å². The van der Waals surface area contributed by atoms with Crippen molar-refractivity contribution in [3.63, 3.8) is 0 Å². The third kappa shape index (κ3) is 4.11. The number of hydrogen-bond acceptors (Lipinski definition) is 3. The summed E-state index contributed by atoms with van der Waals surface area (Å²) in [6.07, 6.45) is -0.0427. The summed E-state index contributed by atoms with van der Waals surface area (Å²) < 4.78 is 0.991. The van der Waals surface area contributed by atoms with Gasteiger partial charge in [-0.15, -0.1) is 0 Å². The zero-order valence-electron chi connectivity index (χ0n) is 9.93. The van der Waals surface area contributed by atoms with Crippen molar-refractivity contribution in [2.24, 2.45) is 5.73 Å². The Kier molecular flexibility index (Phi) is 5.11. The number of carboxylic acid groups (broad SMARTS) is 1. The van der Waals surface area contributed by atoms with Crippen molar-refractivity contribution in [2.75, 3.05) is 14.1 Å². The van der Waals surface area contributed by atoms with Gasteiger partial charge in [-0.25, -0.2) is 0 Å². The Morgan fingerprint density at radius 1 is 1.41 bits per heavy atom. The number of halogens is 1. The van der Waals surface area contributed by atoms with Gasteiger partial charge in [0.2, 0.25) is 0 Å². The van der Waals surface area contributed by atoms with Crippen LogP contribution in [0.5, 0.6) is 0 Å². The first-order chi connectivity index (χ1) is 7.91. The first-order valence-electron chi connectivity index (χ1n) is 5.31. The molecule has 5 heteroatoms. The topological polar surface area (TPSA) is 66.6 Å². The summed E-state index contributed by atoms with van der Waals surface area (Å²) in [5, 5.41) is 8.80. The Hall–Kier alpha value is -0.910. The number of nitrogens with two attached hydrogens (primary N) is 1. The van der Waals surface area contributed by atoms with Crippen LogP contribution in [0.4, 0.5) is 0 Å². The predicted octanol–water partition coefficient (Wildman–Crippen LogP) is 1.85. The lowest BCUT2D eigenvalue weighted by Crippen LogP contribution is -2.38. The van der Waals surface area contributed by atoms with Gasteiger partial charge >= 0.3 is 5.97 Å². The van der Waals surface area contributed by atoms with Crippen molar-refractivity contribution in [2.45, 2.75) is 18.5 Å². The van der Waals surface area contributed by atoms with Gasteiger partial charge < -0.3 is 15.7 Å². The van der Waals surface area contributed by atoms with Crippen LogP contribution < -0.4 is 5.73 Å². The van der Waals surface area contributed by atoms with E-state index < -0.39 is 12.0 Å². The average Bonchev–Trinajstić information content (AvgIpc) is 2.19. The van der Waals surface area contributed by atoms with Crippen LogP contribution in [0.25, 0.3) is 0 Å². The number of aliphatic carboxylic acids is 1. The van der Waals surface area contributed by atoms with E-state index in [2.05, 4.69) is 15.9 Å². The maximum Gasteiger partial charge on any atom is 0.304 e. The van der Waals surface area contributed by atoms with E-state index in [0.717, 1.165) is 10.0 Å². The molecule has 1 rings (SSSR count). The van der Waals surface area contributed by atoms with E-state index in [1.807, 2.05) is 43.3 Å². The van der Waals surface area contributed by atoms with Gasteiger partial charge in [-0.05, 0) is 31.8 Å². The van der Waals surface area contributed by atoms with Crippen LogP contribution in [0.1, 0.15) is 18.0 Å². The lowest BCUT2D eigenvalue weighted by Gasteiger charge is -2.29. The molecule has 0 saturated carbocycles. The smallest absolute Gasteiger partial charge is 0.304 e. The maximum absolute atomic E-state index is 10.7. The molecule has 0 saturated heterocycles. The highest BCUT2D eigenvalue weighted by Gasteiger charge is 2.23. The Balaban J connectivity index is 2.92. The van der Waals surface area contributed by atoms with Gasteiger partial charge in [0.15, 0.2) is 0 Å². The summed E-state index contributed by atoms with van der Waals surface area (Å²) >= 11 is 3.37. The molecule has 0 radical (unpaired) electrons. The molecule has 94 valence electrons. The molecule has 2 unspecified atom stereocenters. The Morgan fingerprint density at radius 3 is 2.35 bits per heavy atom. The SMILES string of the molecule is CN(C)C(c1ccc(Br)cc1)C(N)CC(=O)O. The lowest BCUT2D eigenvalue weighted by atomic mass is 9.97. The number of rotatable bonds is 5. The molecule has 0 aliphatic rings. The fourth-order valence-electron chi connectivity index (χ4n) is 1.90. The highest BCUT2D eigenvalue weighted by atomic mass is 79.9. The molecule has 0 bridgehead atoms. The molecule has 0 fully saturated rings. The van der Waals surface area contributed by atoms with E-state index in [1.165, 1.54) is 0 Å². The van der Waals surface area contributed by atoms with Crippen LogP contribution in [0.3, 0.4) is 0 Å². The maximum atomic E-state index is 10.7. The number of benzene rings is 1. The quantitative estimate of drug-likeness (QED) is 0.871. The van der Waals surface area contributed by atoms with E-state index in [4.69, 9.17) is 10.8 Å². The first-order valence-corrected chi connectivity index (χ1v) is 6.10. The number of nitrogens with zero attached hydrogens (tertiary/aromatic N) is 1. The van der Waals surface area contributed by atoms with Gasteiger partial charge in [0.05, 0.1) is 6.42 Å². The minimum Gasteiger partial charge on any atom is -0.481 e. The van der Waals surface area contributed by atoms with Crippen LogP contribution in [0.2, 0.25) is 0 Å². The highest BCUT2D eigenvalue weighted by molar-refractivity contribution is 9.10. The molecule has 0 heterocycles. The Morgan fingerprint density at radius 2 is 1.94 bits per heavy atom. The van der Waals surface area contributed by atoms with E-state index in [0.29, 0.717) is 0 Å². The van der Waals surface area contributed by atoms with Gasteiger partial charge in [0.25, 0.3) is 0 Å². The van der Waals surface area contributed by atoms with E-state index in [1.54, 1.807) is 0 Å². The van der Waals surface area contributed by atoms with E-state index in [9.17, 15) is 4.79 Å². The lowest BCUT2D eigenvalue weighted by molar-refractivity contribution is -0.137. The second-order valence-electron chi connectivity index (χ2n) is 4.22. The summed E-state index contributed by atoms with van der Waals surface area (Å²) in [6.45, 7) is 0. The Labute approximate surface area is 110 Å². The fraction of sp³-hybridized carbons (Fsp3) is 0.417. The van der Waals surface area contributed by atoms with Gasteiger partial charge in [0.1, 0.15) is 0 Å². The Bertz CT molecular complexity index is 379. The van der Waals surface area contributed by atoms with Crippen LogP contribution in [0, 0.1) is 0 Å². The van der Waals surface area contributed by atoms with Crippen molar-refractivity contribution >= 4 is 21.9 Å². The largest absolute Gasteiger partial charge is 0.481 e. The van der Waals surface area contributed by atoms with Crippen molar-refractivity contribution in [1.82, 2.24) is 4.90 Å². The van der Waals surface area contributed by atoms with Crippen LogP contribution in [-0.2, 0) is 4.79 Å². The molecule has 3 N–H and O–H groups in total. The molecule has 4 nitrogen and oxygen atoms in total. The molecule has 0 spiro atoms. The second-order valence-corrected chi connectivity index (χ2v) is 5.14.